The van der Waals surface area contributed by atoms with E-state index in [1.165, 1.54) is 0 Å². The first-order valence-corrected chi connectivity index (χ1v) is 5.57. The van der Waals surface area contributed by atoms with E-state index in [1.807, 2.05) is 24.3 Å². The van der Waals surface area contributed by atoms with Crippen molar-refractivity contribution < 1.29 is 9.47 Å². The Morgan fingerprint density at radius 2 is 1.94 bits per heavy atom. The molecule has 0 bridgehead atoms. The van der Waals surface area contributed by atoms with Gasteiger partial charge in [-0.05, 0) is 17.7 Å². The van der Waals surface area contributed by atoms with Crippen molar-refractivity contribution in [2.24, 2.45) is 0 Å². The summed E-state index contributed by atoms with van der Waals surface area (Å²) in [5.41, 5.74) is 1.05. The molecule has 5 nitrogen and oxygen atoms in total. The van der Waals surface area contributed by atoms with Crippen molar-refractivity contribution in [1.82, 2.24) is 9.97 Å². The normalized spacial score (nSPS) is 9.89. The molecule has 0 aliphatic carbocycles. The fraction of sp³-hybridized carbons (Fsp3) is 0.231. The third kappa shape index (κ3) is 3.10. The number of methoxy groups -OCH3 is 1. The van der Waals surface area contributed by atoms with Gasteiger partial charge in [-0.15, -0.1) is 0 Å². The van der Waals surface area contributed by atoms with E-state index in [0.717, 1.165) is 11.3 Å². The van der Waals surface area contributed by atoms with Crippen molar-refractivity contribution in [1.29, 1.82) is 0 Å². The third-order valence-corrected chi connectivity index (χ3v) is 2.41. The van der Waals surface area contributed by atoms with Gasteiger partial charge in [0.2, 0.25) is 5.88 Å². The van der Waals surface area contributed by atoms with Crippen LogP contribution in [0.4, 0.5) is 5.82 Å². The molecule has 0 unspecified atom stereocenters. The number of aromatic nitrogens is 2. The molecule has 1 N–H and O–H groups in total. The van der Waals surface area contributed by atoms with Crippen molar-refractivity contribution >= 4 is 5.82 Å². The van der Waals surface area contributed by atoms with Crippen LogP contribution in [0.5, 0.6) is 11.6 Å². The van der Waals surface area contributed by atoms with Gasteiger partial charge < -0.3 is 14.8 Å². The van der Waals surface area contributed by atoms with Crippen LogP contribution in [0.3, 0.4) is 0 Å². The smallest absolute Gasteiger partial charge is 0.234 e. The fourth-order valence-electron chi connectivity index (χ4n) is 1.42. The number of hydrogen-bond donors (Lipinski definition) is 1. The molecule has 2 rings (SSSR count). The monoisotopic (exact) mass is 245 g/mol. The van der Waals surface area contributed by atoms with Gasteiger partial charge in [0, 0.05) is 7.05 Å². The van der Waals surface area contributed by atoms with Crippen molar-refractivity contribution in [2.45, 2.75) is 6.61 Å². The Kier molecular flexibility index (Phi) is 3.96. The minimum absolute atomic E-state index is 0.450. The highest BCUT2D eigenvalue weighted by Gasteiger charge is 2.00. The van der Waals surface area contributed by atoms with Gasteiger partial charge in [0.05, 0.1) is 19.5 Å². The predicted octanol–water partition coefficient (Wildman–Crippen LogP) is 2.11. The first kappa shape index (κ1) is 12.2. The van der Waals surface area contributed by atoms with Gasteiger partial charge in [0.15, 0.2) is 0 Å². The van der Waals surface area contributed by atoms with Gasteiger partial charge in [-0.2, -0.15) is 4.98 Å². The quantitative estimate of drug-likeness (QED) is 0.874. The van der Waals surface area contributed by atoms with E-state index < -0.39 is 0 Å². The lowest BCUT2D eigenvalue weighted by Crippen LogP contribution is -2.00. The highest BCUT2D eigenvalue weighted by Crippen LogP contribution is 2.14. The lowest BCUT2D eigenvalue weighted by Gasteiger charge is -2.07. The van der Waals surface area contributed by atoms with E-state index in [1.54, 1.807) is 26.6 Å². The van der Waals surface area contributed by atoms with E-state index in [0.29, 0.717) is 18.3 Å². The number of nitrogens with zero attached hydrogens (tertiary/aromatic N) is 2. The number of benzene rings is 1. The highest BCUT2D eigenvalue weighted by atomic mass is 16.5. The van der Waals surface area contributed by atoms with Crippen LogP contribution in [-0.4, -0.2) is 24.1 Å². The Morgan fingerprint density at radius 1 is 1.17 bits per heavy atom. The maximum atomic E-state index is 5.55. The molecule has 0 saturated heterocycles. The van der Waals surface area contributed by atoms with E-state index in [4.69, 9.17) is 9.47 Å². The van der Waals surface area contributed by atoms with Gasteiger partial charge in [-0.25, -0.2) is 0 Å². The van der Waals surface area contributed by atoms with Crippen LogP contribution in [0.25, 0.3) is 0 Å². The van der Waals surface area contributed by atoms with Gasteiger partial charge in [-0.3, -0.25) is 4.98 Å². The van der Waals surface area contributed by atoms with Crippen molar-refractivity contribution in [3.8, 4) is 11.6 Å². The molecule has 1 aromatic heterocycles. The molecule has 18 heavy (non-hydrogen) atoms. The molecule has 1 aromatic carbocycles. The second kappa shape index (κ2) is 5.86. The van der Waals surface area contributed by atoms with Crippen molar-refractivity contribution in [2.75, 3.05) is 19.5 Å². The lowest BCUT2D eigenvalue weighted by molar-refractivity contribution is 0.292. The number of anilines is 1. The van der Waals surface area contributed by atoms with Crippen LogP contribution < -0.4 is 14.8 Å². The summed E-state index contributed by atoms with van der Waals surface area (Å²) >= 11 is 0. The van der Waals surface area contributed by atoms with Crippen LogP contribution >= 0.6 is 0 Å². The summed E-state index contributed by atoms with van der Waals surface area (Å²) in [6.45, 7) is 0.450. The zero-order valence-corrected chi connectivity index (χ0v) is 10.4. The second-order valence-electron chi connectivity index (χ2n) is 3.63. The molecular weight excluding hydrogens is 230 g/mol. The van der Waals surface area contributed by atoms with E-state index >= 15 is 0 Å². The summed E-state index contributed by atoms with van der Waals surface area (Å²) in [4.78, 5) is 8.24. The summed E-state index contributed by atoms with van der Waals surface area (Å²) in [6.07, 6.45) is 3.23. The Hall–Kier alpha value is -2.30. The van der Waals surface area contributed by atoms with Crippen LogP contribution in [0.2, 0.25) is 0 Å². The van der Waals surface area contributed by atoms with Gasteiger partial charge in [-0.1, -0.05) is 12.1 Å². The number of hydrogen-bond acceptors (Lipinski definition) is 5. The molecule has 94 valence electrons. The maximum absolute atomic E-state index is 5.55. The highest BCUT2D eigenvalue weighted by molar-refractivity contribution is 5.32. The zero-order valence-electron chi connectivity index (χ0n) is 10.4. The molecule has 0 fully saturated rings. The van der Waals surface area contributed by atoms with Gasteiger partial charge in [0.25, 0.3) is 0 Å². The molecule has 0 saturated carbocycles. The van der Waals surface area contributed by atoms with Gasteiger partial charge in [0.1, 0.15) is 18.2 Å². The molecule has 0 amide bonds. The van der Waals surface area contributed by atoms with E-state index in [-0.39, 0.29) is 0 Å². The van der Waals surface area contributed by atoms with Crippen LogP contribution in [0.1, 0.15) is 5.56 Å². The molecule has 1 heterocycles. The Bertz CT molecular complexity index is 500. The average molecular weight is 245 g/mol. The molecule has 2 aromatic rings. The zero-order chi connectivity index (χ0) is 12.8. The number of rotatable bonds is 5. The van der Waals surface area contributed by atoms with Gasteiger partial charge >= 0.3 is 0 Å². The summed E-state index contributed by atoms with van der Waals surface area (Å²) in [7, 11) is 3.43. The minimum Gasteiger partial charge on any atom is -0.497 e. The molecule has 0 atom stereocenters. The summed E-state index contributed by atoms with van der Waals surface area (Å²) in [5.74, 6) is 2.01. The largest absolute Gasteiger partial charge is 0.497 e. The van der Waals surface area contributed by atoms with E-state index in [2.05, 4.69) is 15.3 Å². The molecule has 5 heteroatoms. The molecule has 0 spiro atoms. The Balaban J connectivity index is 1.97. The molecule has 0 radical (unpaired) electrons. The lowest BCUT2D eigenvalue weighted by atomic mass is 10.2. The maximum Gasteiger partial charge on any atom is 0.234 e. The SMILES string of the molecule is CNc1cncc(OCc2ccc(OC)cc2)n1. The number of nitrogens with one attached hydrogen (secondary N) is 1. The third-order valence-electron chi connectivity index (χ3n) is 2.41. The van der Waals surface area contributed by atoms with Crippen LogP contribution in [-0.2, 0) is 6.61 Å². The van der Waals surface area contributed by atoms with E-state index in [9.17, 15) is 0 Å². The second-order valence-corrected chi connectivity index (χ2v) is 3.63. The fourth-order valence-corrected chi connectivity index (χ4v) is 1.42. The topological polar surface area (TPSA) is 56.3 Å². The Morgan fingerprint density at radius 3 is 2.61 bits per heavy atom. The number of ether oxygens (including phenoxy) is 2. The summed E-state index contributed by atoms with van der Waals surface area (Å²) < 4.78 is 10.6. The predicted molar refractivity (Wildman–Crippen MR) is 68.9 cm³/mol. The van der Waals surface area contributed by atoms with Crippen LogP contribution in [0, 0.1) is 0 Å². The standard InChI is InChI=1S/C13H15N3O2/c1-14-12-7-15-8-13(16-12)18-9-10-3-5-11(17-2)6-4-10/h3-8H,9H2,1-2H3,(H,14,16). The first-order chi connectivity index (χ1) is 8.81. The first-order valence-electron chi connectivity index (χ1n) is 5.57. The van der Waals surface area contributed by atoms with Crippen molar-refractivity contribution in [3.63, 3.8) is 0 Å². The summed E-state index contributed by atoms with van der Waals surface area (Å²) in [5, 5.41) is 2.91. The molecular formula is C13H15N3O2. The Labute approximate surface area is 106 Å². The summed E-state index contributed by atoms with van der Waals surface area (Å²) in [6, 6.07) is 7.70. The minimum atomic E-state index is 0.450. The molecule has 0 aliphatic heterocycles. The van der Waals surface area contributed by atoms with Crippen molar-refractivity contribution in [3.05, 3.63) is 42.2 Å². The average Bonchev–Trinajstić information content (AvgIpc) is 2.46. The van der Waals surface area contributed by atoms with Crippen LogP contribution in [0.15, 0.2) is 36.7 Å². The molecule has 0 aliphatic rings.